The molecule has 2 unspecified atom stereocenters. The van der Waals surface area contributed by atoms with Crippen molar-refractivity contribution in [1.29, 1.82) is 0 Å². The predicted molar refractivity (Wildman–Crippen MR) is 75.3 cm³/mol. The van der Waals surface area contributed by atoms with Gasteiger partial charge in [0.05, 0.1) is 5.25 Å². The molecule has 0 fully saturated rings. The Kier molecular flexibility index (Phi) is 4.61. The SMILES string of the molecule is CCC(N)C(Sc1ncn[nH]1)c1cc(Br)cs1. The highest BCUT2D eigenvalue weighted by Gasteiger charge is 2.22. The molecule has 4 nitrogen and oxygen atoms in total. The van der Waals surface area contributed by atoms with Crippen molar-refractivity contribution in [2.75, 3.05) is 0 Å². The molecule has 0 aliphatic rings. The number of hydrogen-bond acceptors (Lipinski definition) is 5. The molecule has 2 aromatic rings. The van der Waals surface area contributed by atoms with Gasteiger partial charge in [0.2, 0.25) is 0 Å². The Balaban J connectivity index is 2.19. The maximum Gasteiger partial charge on any atom is 0.184 e. The van der Waals surface area contributed by atoms with Crippen LogP contribution in [0.3, 0.4) is 0 Å². The normalized spacial score (nSPS) is 14.8. The molecule has 92 valence electrons. The number of halogens is 1. The molecule has 0 spiro atoms. The Morgan fingerprint density at radius 1 is 1.65 bits per heavy atom. The van der Waals surface area contributed by atoms with Crippen molar-refractivity contribution in [3.05, 3.63) is 27.1 Å². The van der Waals surface area contributed by atoms with Gasteiger partial charge in [-0.15, -0.1) is 11.3 Å². The fourth-order valence-corrected chi connectivity index (χ4v) is 4.23. The monoisotopic (exact) mass is 332 g/mol. The smallest absolute Gasteiger partial charge is 0.184 e. The third-order valence-electron chi connectivity index (χ3n) is 2.36. The van der Waals surface area contributed by atoms with Gasteiger partial charge in [0, 0.05) is 20.8 Å². The van der Waals surface area contributed by atoms with Crippen molar-refractivity contribution >= 4 is 39.0 Å². The highest BCUT2D eigenvalue weighted by atomic mass is 79.9. The molecule has 2 rings (SSSR count). The van der Waals surface area contributed by atoms with Crippen molar-refractivity contribution in [2.45, 2.75) is 29.8 Å². The van der Waals surface area contributed by atoms with E-state index in [1.165, 1.54) is 11.2 Å². The zero-order chi connectivity index (χ0) is 12.3. The van der Waals surface area contributed by atoms with E-state index in [-0.39, 0.29) is 11.3 Å². The van der Waals surface area contributed by atoms with Gasteiger partial charge in [0.15, 0.2) is 5.16 Å². The van der Waals surface area contributed by atoms with Crippen LogP contribution in [0, 0.1) is 0 Å². The summed E-state index contributed by atoms with van der Waals surface area (Å²) in [6.07, 6.45) is 2.45. The molecule has 3 N–H and O–H groups in total. The number of thiophene rings is 1. The first-order valence-electron chi connectivity index (χ1n) is 5.22. The quantitative estimate of drug-likeness (QED) is 0.825. The van der Waals surface area contributed by atoms with Gasteiger partial charge in [0.1, 0.15) is 6.33 Å². The van der Waals surface area contributed by atoms with Gasteiger partial charge in [-0.1, -0.05) is 18.7 Å². The first-order chi connectivity index (χ1) is 8.20. The largest absolute Gasteiger partial charge is 0.326 e. The van der Waals surface area contributed by atoms with Crippen molar-refractivity contribution in [2.24, 2.45) is 5.73 Å². The molecule has 2 heterocycles. The lowest BCUT2D eigenvalue weighted by Crippen LogP contribution is -2.25. The van der Waals surface area contributed by atoms with E-state index in [1.807, 2.05) is 0 Å². The number of rotatable bonds is 5. The average molecular weight is 333 g/mol. The van der Waals surface area contributed by atoms with Crippen LogP contribution in [0.1, 0.15) is 23.5 Å². The number of hydrogen-bond donors (Lipinski definition) is 2. The second kappa shape index (κ2) is 5.99. The van der Waals surface area contributed by atoms with Gasteiger partial charge >= 0.3 is 0 Å². The molecule has 0 aliphatic carbocycles. The highest BCUT2D eigenvalue weighted by Crippen LogP contribution is 2.40. The number of thioether (sulfide) groups is 1. The Morgan fingerprint density at radius 3 is 3.00 bits per heavy atom. The molecular formula is C10H13BrN4S2. The van der Waals surface area contributed by atoms with Crippen LogP contribution < -0.4 is 5.73 Å². The number of H-pyrrole nitrogens is 1. The van der Waals surface area contributed by atoms with Crippen molar-refractivity contribution < 1.29 is 0 Å². The van der Waals surface area contributed by atoms with Crippen LogP contribution in [-0.2, 0) is 0 Å². The van der Waals surface area contributed by atoms with E-state index >= 15 is 0 Å². The van der Waals surface area contributed by atoms with Gasteiger partial charge < -0.3 is 5.73 Å². The Morgan fingerprint density at radius 2 is 2.47 bits per heavy atom. The molecule has 0 aliphatic heterocycles. The summed E-state index contributed by atoms with van der Waals surface area (Å²) in [6, 6.07) is 2.23. The van der Waals surface area contributed by atoms with Gasteiger partial charge in [-0.05, 0) is 28.4 Å². The minimum absolute atomic E-state index is 0.107. The molecule has 0 radical (unpaired) electrons. The molecule has 0 aromatic carbocycles. The van der Waals surface area contributed by atoms with E-state index in [0.29, 0.717) is 0 Å². The van der Waals surface area contributed by atoms with Crippen LogP contribution in [-0.4, -0.2) is 21.2 Å². The molecular weight excluding hydrogens is 320 g/mol. The van der Waals surface area contributed by atoms with Crippen LogP contribution in [0.25, 0.3) is 0 Å². The molecule has 7 heteroatoms. The maximum absolute atomic E-state index is 6.18. The number of nitrogens with two attached hydrogens (primary N) is 1. The minimum atomic E-state index is 0.107. The van der Waals surface area contributed by atoms with Crippen LogP contribution in [0.15, 0.2) is 27.4 Å². The number of nitrogens with zero attached hydrogens (tertiary/aromatic N) is 2. The lowest BCUT2D eigenvalue weighted by molar-refractivity contribution is 0.638. The zero-order valence-electron chi connectivity index (χ0n) is 9.26. The van der Waals surface area contributed by atoms with E-state index in [9.17, 15) is 0 Å². The van der Waals surface area contributed by atoms with E-state index in [1.54, 1.807) is 23.1 Å². The topological polar surface area (TPSA) is 67.6 Å². The van der Waals surface area contributed by atoms with Crippen molar-refractivity contribution in [1.82, 2.24) is 15.2 Å². The molecule has 0 amide bonds. The molecule has 0 saturated heterocycles. The summed E-state index contributed by atoms with van der Waals surface area (Å²) < 4.78 is 1.10. The van der Waals surface area contributed by atoms with Crippen LogP contribution in [0.5, 0.6) is 0 Å². The molecule has 0 bridgehead atoms. The van der Waals surface area contributed by atoms with Crippen molar-refractivity contribution in [3.63, 3.8) is 0 Å². The first kappa shape index (κ1) is 13.1. The highest BCUT2D eigenvalue weighted by molar-refractivity contribution is 9.10. The van der Waals surface area contributed by atoms with Gasteiger partial charge in [0.25, 0.3) is 0 Å². The number of aromatic nitrogens is 3. The van der Waals surface area contributed by atoms with Crippen LogP contribution in [0.2, 0.25) is 0 Å². The van der Waals surface area contributed by atoms with Crippen LogP contribution >= 0.6 is 39.0 Å². The van der Waals surface area contributed by atoms with Gasteiger partial charge in [-0.2, -0.15) is 5.10 Å². The lowest BCUT2D eigenvalue weighted by Gasteiger charge is -2.19. The molecule has 17 heavy (non-hydrogen) atoms. The summed E-state index contributed by atoms with van der Waals surface area (Å²) in [5.41, 5.74) is 6.18. The summed E-state index contributed by atoms with van der Waals surface area (Å²) in [5.74, 6) is 0. The van der Waals surface area contributed by atoms with Crippen LogP contribution in [0.4, 0.5) is 0 Å². The molecule has 0 saturated carbocycles. The summed E-state index contributed by atoms with van der Waals surface area (Å²) in [4.78, 5) is 5.40. The fraction of sp³-hybridized carbons (Fsp3) is 0.400. The van der Waals surface area contributed by atoms with Crippen molar-refractivity contribution in [3.8, 4) is 0 Å². The minimum Gasteiger partial charge on any atom is -0.326 e. The zero-order valence-corrected chi connectivity index (χ0v) is 12.5. The Bertz CT molecular complexity index is 457. The first-order valence-corrected chi connectivity index (χ1v) is 7.77. The summed E-state index contributed by atoms with van der Waals surface area (Å²) in [5, 5.41) is 9.81. The Labute approximate surface area is 117 Å². The van der Waals surface area contributed by atoms with E-state index < -0.39 is 0 Å². The Hall–Kier alpha value is -0.370. The second-order valence-electron chi connectivity index (χ2n) is 3.57. The molecule has 2 aromatic heterocycles. The summed E-state index contributed by atoms with van der Waals surface area (Å²) in [7, 11) is 0. The fourth-order valence-electron chi connectivity index (χ4n) is 1.42. The number of aromatic amines is 1. The number of nitrogens with one attached hydrogen (secondary N) is 1. The van der Waals surface area contributed by atoms with E-state index in [4.69, 9.17) is 5.73 Å². The lowest BCUT2D eigenvalue weighted by atomic mass is 10.1. The van der Waals surface area contributed by atoms with E-state index in [0.717, 1.165) is 16.0 Å². The molecule has 2 atom stereocenters. The third-order valence-corrected chi connectivity index (χ3v) is 5.56. The average Bonchev–Trinajstić information content (AvgIpc) is 2.96. The maximum atomic E-state index is 6.18. The van der Waals surface area contributed by atoms with Gasteiger partial charge in [-0.25, -0.2) is 4.98 Å². The standard InChI is InChI=1S/C10H13BrN4S2/c1-2-7(12)9(8-3-6(11)4-16-8)17-10-13-5-14-15-10/h3-5,7,9H,2,12H2,1H3,(H,13,14,15). The second-order valence-corrected chi connectivity index (χ2v) is 6.56. The third kappa shape index (κ3) is 3.31. The predicted octanol–water partition coefficient (Wildman–Crippen LogP) is 3.20. The summed E-state index contributed by atoms with van der Waals surface area (Å²) in [6.45, 7) is 2.10. The van der Waals surface area contributed by atoms with E-state index in [2.05, 4.69) is 49.5 Å². The summed E-state index contributed by atoms with van der Waals surface area (Å²) >= 11 is 6.82. The van der Waals surface area contributed by atoms with Gasteiger partial charge in [-0.3, -0.25) is 5.10 Å².